The van der Waals surface area contributed by atoms with Crippen molar-refractivity contribution in [3.05, 3.63) is 16.1 Å². The number of likely N-dealkylation sites (N-methyl/N-ethyl adjacent to an activating group) is 2. The smallest absolute Gasteiger partial charge is 0.242 e. The molecule has 0 unspecified atom stereocenters. The summed E-state index contributed by atoms with van der Waals surface area (Å²) in [6, 6.07) is 0. The summed E-state index contributed by atoms with van der Waals surface area (Å²) < 4.78 is 0. The molecule has 0 saturated heterocycles. The lowest BCUT2D eigenvalue weighted by atomic mass is 9.93. The van der Waals surface area contributed by atoms with Crippen LogP contribution < -0.4 is 5.32 Å². The highest BCUT2D eigenvalue weighted by atomic mass is 32.1. The van der Waals surface area contributed by atoms with E-state index in [0.717, 1.165) is 42.7 Å². The van der Waals surface area contributed by atoms with Crippen LogP contribution in [0.5, 0.6) is 0 Å². The molecule has 1 rings (SSSR count). The van der Waals surface area contributed by atoms with E-state index >= 15 is 0 Å². The van der Waals surface area contributed by atoms with Crippen LogP contribution in [0.4, 0.5) is 0 Å². The molecule has 0 saturated carbocycles. The summed E-state index contributed by atoms with van der Waals surface area (Å²) in [7, 11) is 1.91. The Kier molecular flexibility index (Phi) is 9.05. The van der Waals surface area contributed by atoms with E-state index in [1.165, 1.54) is 0 Å². The number of rotatable bonds is 8. The van der Waals surface area contributed by atoms with Gasteiger partial charge in [-0.25, -0.2) is 4.98 Å². The average Bonchev–Trinajstić information content (AvgIpc) is 3.04. The van der Waals surface area contributed by atoms with Crippen molar-refractivity contribution in [3.63, 3.8) is 0 Å². The molecule has 0 radical (unpaired) electrons. The molecule has 1 aromatic heterocycles. The summed E-state index contributed by atoms with van der Waals surface area (Å²) in [6.45, 7) is 15.8. The molecule has 1 aromatic rings. The molecule has 1 N–H and O–H groups in total. The largest absolute Gasteiger partial charge is 0.357 e. The third-order valence-electron chi connectivity index (χ3n) is 4.09. The van der Waals surface area contributed by atoms with Gasteiger partial charge in [-0.2, -0.15) is 0 Å². The fourth-order valence-electron chi connectivity index (χ4n) is 2.45. The number of aromatic nitrogens is 1. The Labute approximate surface area is 162 Å². The van der Waals surface area contributed by atoms with Gasteiger partial charge in [0.25, 0.3) is 0 Å². The van der Waals surface area contributed by atoms with Gasteiger partial charge in [-0.1, -0.05) is 20.8 Å². The minimum atomic E-state index is 0.0813. The molecule has 6 nitrogen and oxygen atoms in total. The number of nitrogens with one attached hydrogen (secondary N) is 1. The molecule has 0 aromatic carbocycles. The summed E-state index contributed by atoms with van der Waals surface area (Å²) >= 11 is 1.70. The standard InChI is InChI=1S/C19H35N5OS/c1-8-20-18(23(7)13-17(25)24(9-2)10-3)21-12-11-16-22-15(14-26-16)19(4,5)6/h14H,8-13H2,1-7H3,(H,20,21). The van der Waals surface area contributed by atoms with Gasteiger partial charge in [-0.05, 0) is 20.8 Å². The van der Waals surface area contributed by atoms with Crippen LogP contribution in [0.3, 0.4) is 0 Å². The van der Waals surface area contributed by atoms with Crippen LogP contribution in [-0.2, 0) is 16.6 Å². The number of amides is 1. The Morgan fingerprint density at radius 2 is 1.92 bits per heavy atom. The van der Waals surface area contributed by atoms with Crippen LogP contribution in [0.1, 0.15) is 52.2 Å². The molecule has 0 aliphatic heterocycles. The van der Waals surface area contributed by atoms with Gasteiger partial charge in [0.1, 0.15) is 0 Å². The van der Waals surface area contributed by atoms with Crippen LogP contribution in [0, 0.1) is 0 Å². The number of thiazole rings is 1. The lowest BCUT2D eigenvalue weighted by Gasteiger charge is -2.25. The van der Waals surface area contributed by atoms with E-state index in [4.69, 9.17) is 4.98 Å². The SMILES string of the molecule is CCNC(=NCCc1nc(C(C)(C)C)cs1)N(C)CC(=O)N(CC)CC. The van der Waals surface area contributed by atoms with Gasteiger partial charge in [0.15, 0.2) is 5.96 Å². The Hall–Kier alpha value is -1.63. The molecule has 1 amide bonds. The molecule has 26 heavy (non-hydrogen) atoms. The maximum atomic E-state index is 12.3. The van der Waals surface area contributed by atoms with Crippen LogP contribution in [0.15, 0.2) is 10.4 Å². The van der Waals surface area contributed by atoms with E-state index in [-0.39, 0.29) is 11.3 Å². The molecule has 148 valence electrons. The van der Waals surface area contributed by atoms with Crippen LogP contribution in [0.2, 0.25) is 0 Å². The Bertz CT molecular complexity index is 587. The van der Waals surface area contributed by atoms with Gasteiger partial charge < -0.3 is 15.1 Å². The Morgan fingerprint density at radius 1 is 1.27 bits per heavy atom. The average molecular weight is 382 g/mol. The number of hydrogen-bond donors (Lipinski definition) is 1. The van der Waals surface area contributed by atoms with Crippen LogP contribution >= 0.6 is 11.3 Å². The van der Waals surface area contributed by atoms with Gasteiger partial charge in [0, 0.05) is 50.4 Å². The molecule has 0 fully saturated rings. The Morgan fingerprint density at radius 3 is 2.42 bits per heavy atom. The maximum absolute atomic E-state index is 12.3. The fourth-order valence-corrected chi connectivity index (χ4v) is 3.47. The van der Waals surface area contributed by atoms with E-state index < -0.39 is 0 Å². The summed E-state index contributed by atoms with van der Waals surface area (Å²) in [4.78, 5) is 25.4. The third kappa shape index (κ3) is 6.94. The van der Waals surface area contributed by atoms with Crippen molar-refractivity contribution in [1.29, 1.82) is 0 Å². The highest BCUT2D eigenvalue weighted by Gasteiger charge is 2.17. The molecule has 0 atom stereocenters. The van der Waals surface area contributed by atoms with Crippen molar-refractivity contribution in [1.82, 2.24) is 20.1 Å². The first-order valence-corrected chi connectivity index (χ1v) is 10.3. The van der Waals surface area contributed by atoms with Gasteiger partial charge in [0.05, 0.1) is 17.2 Å². The van der Waals surface area contributed by atoms with Crippen molar-refractivity contribution in [3.8, 4) is 0 Å². The van der Waals surface area contributed by atoms with Crippen molar-refractivity contribution in [2.45, 2.75) is 53.4 Å². The van der Waals surface area contributed by atoms with E-state index in [1.54, 1.807) is 11.3 Å². The molecule has 0 spiro atoms. The molecule has 0 bridgehead atoms. The zero-order valence-electron chi connectivity index (χ0n) is 17.4. The summed E-state index contributed by atoms with van der Waals surface area (Å²) in [6.07, 6.45) is 0.813. The second-order valence-electron chi connectivity index (χ2n) is 7.28. The van der Waals surface area contributed by atoms with Gasteiger partial charge in [-0.15, -0.1) is 11.3 Å². The summed E-state index contributed by atoms with van der Waals surface area (Å²) in [5.41, 5.74) is 1.22. The number of aliphatic imine (C=N–C) groups is 1. The van der Waals surface area contributed by atoms with Gasteiger partial charge in [-0.3, -0.25) is 9.79 Å². The van der Waals surface area contributed by atoms with E-state index in [2.05, 4.69) is 36.5 Å². The molecular weight excluding hydrogens is 346 g/mol. The predicted octanol–water partition coefficient (Wildman–Crippen LogP) is 2.75. The number of carbonyl (C=O) groups excluding carboxylic acids is 1. The van der Waals surface area contributed by atoms with Crippen LogP contribution in [-0.4, -0.2) is 66.4 Å². The number of nitrogens with zero attached hydrogens (tertiary/aromatic N) is 4. The first-order chi connectivity index (χ1) is 12.2. The normalized spacial score (nSPS) is 12.2. The van der Waals surface area contributed by atoms with Crippen molar-refractivity contribution >= 4 is 23.2 Å². The highest BCUT2D eigenvalue weighted by molar-refractivity contribution is 7.09. The summed E-state index contributed by atoms with van der Waals surface area (Å²) in [5, 5.41) is 6.51. The maximum Gasteiger partial charge on any atom is 0.242 e. The second kappa shape index (κ2) is 10.5. The predicted molar refractivity (Wildman–Crippen MR) is 111 cm³/mol. The van der Waals surface area contributed by atoms with E-state index in [9.17, 15) is 4.79 Å². The molecular formula is C19H35N5OS. The monoisotopic (exact) mass is 381 g/mol. The third-order valence-corrected chi connectivity index (χ3v) is 5.00. The number of guanidine groups is 1. The zero-order valence-corrected chi connectivity index (χ0v) is 18.2. The van der Waals surface area contributed by atoms with E-state index in [0.29, 0.717) is 13.1 Å². The minimum absolute atomic E-state index is 0.0813. The second-order valence-corrected chi connectivity index (χ2v) is 8.23. The summed E-state index contributed by atoms with van der Waals surface area (Å²) in [5.74, 6) is 0.887. The zero-order chi connectivity index (χ0) is 19.7. The quantitative estimate of drug-likeness (QED) is 0.556. The number of hydrogen-bond acceptors (Lipinski definition) is 4. The van der Waals surface area contributed by atoms with Gasteiger partial charge >= 0.3 is 0 Å². The topological polar surface area (TPSA) is 60.8 Å². The molecule has 0 aliphatic carbocycles. The van der Waals surface area contributed by atoms with Crippen LogP contribution in [0.25, 0.3) is 0 Å². The highest BCUT2D eigenvalue weighted by Crippen LogP contribution is 2.24. The van der Waals surface area contributed by atoms with Crippen molar-refractivity contribution in [2.24, 2.45) is 4.99 Å². The lowest BCUT2D eigenvalue weighted by molar-refractivity contribution is -0.131. The molecule has 1 heterocycles. The molecule has 0 aliphatic rings. The lowest BCUT2D eigenvalue weighted by Crippen LogP contribution is -2.45. The Balaban J connectivity index is 2.67. The van der Waals surface area contributed by atoms with E-state index in [1.807, 2.05) is 37.6 Å². The van der Waals surface area contributed by atoms with Crippen molar-refractivity contribution < 1.29 is 4.79 Å². The number of carbonyl (C=O) groups is 1. The van der Waals surface area contributed by atoms with Crippen molar-refractivity contribution in [2.75, 3.05) is 39.8 Å². The first kappa shape index (κ1) is 22.4. The fraction of sp³-hybridized carbons (Fsp3) is 0.737. The molecule has 7 heteroatoms. The minimum Gasteiger partial charge on any atom is -0.357 e. The van der Waals surface area contributed by atoms with Gasteiger partial charge in [0.2, 0.25) is 5.91 Å². The first-order valence-electron chi connectivity index (χ1n) is 9.44.